The molecule has 1 aromatic carbocycles. The fourth-order valence-corrected chi connectivity index (χ4v) is 3.01. The summed E-state index contributed by atoms with van der Waals surface area (Å²) in [5, 5.41) is 14.2. The van der Waals surface area contributed by atoms with Crippen LogP contribution in [0.5, 0.6) is 0 Å². The molecule has 2 aromatic rings. The Kier molecular flexibility index (Phi) is 5.49. The van der Waals surface area contributed by atoms with E-state index in [2.05, 4.69) is 36.8 Å². The van der Waals surface area contributed by atoms with Gasteiger partial charge in [-0.1, -0.05) is 29.9 Å². The molecule has 0 spiro atoms. The van der Waals surface area contributed by atoms with Gasteiger partial charge in [0.05, 0.1) is 10.7 Å². The van der Waals surface area contributed by atoms with Crippen LogP contribution >= 0.6 is 38.9 Å². The number of anilines is 2. The second kappa shape index (κ2) is 7.15. The molecule has 0 aliphatic rings. The van der Waals surface area contributed by atoms with Crippen molar-refractivity contribution in [2.24, 2.45) is 0 Å². The lowest BCUT2D eigenvalue weighted by molar-refractivity contribution is 0.102. The van der Waals surface area contributed by atoms with Crippen molar-refractivity contribution >= 4 is 55.6 Å². The van der Waals surface area contributed by atoms with E-state index in [9.17, 15) is 9.18 Å². The van der Waals surface area contributed by atoms with E-state index in [4.69, 9.17) is 11.6 Å². The number of carbonyl (C=O) groups is 1. The van der Waals surface area contributed by atoms with Crippen molar-refractivity contribution in [3.05, 3.63) is 32.5 Å². The third-order valence-electron chi connectivity index (χ3n) is 2.39. The maximum atomic E-state index is 13.1. The molecule has 0 aliphatic heterocycles. The maximum absolute atomic E-state index is 13.1. The van der Waals surface area contributed by atoms with Crippen LogP contribution in [0.15, 0.2) is 16.6 Å². The van der Waals surface area contributed by atoms with Gasteiger partial charge in [0.15, 0.2) is 0 Å². The largest absolute Gasteiger partial charge is 0.360 e. The molecule has 0 radical (unpaired) electrons. The lowest BCUT2D eigenvalue weighted by Crippen LogP contribution is -2.12. The first-order valence-electron chi connectivity index (χ1n) is 6.04. The van der Waals surface area contributed by atoms with E-state index < -0.39 is 11.7 Å². The third kappa shape index (κ3) is 4.12. The highest BCUT2D eigenvalue weighted by atomic mass is 79.9. The molecule has 2 rings (SSSR count). The Hall–Kier alpha value is -1.25. The van der Waals surface area contributed by atoms with Crippen LogP contribution in [-0.4, -0.2) is 22.6 Å². The number of nitrogens with zero attached hydrogens (tertiary/aromatic N) is 2. The second-order valence-corrected chi connectivity index (χ2v) is 6.28. The number of carbonyl (C=O) groups excluding carboxylic acids is 1. The minimum atomic E-state index is -0.494. The van der Waals surface area contributed by atoms with Crippen LogP contribution in [0.3, 0.4) is 0 Å². The van der Waals surface area contributed by atoms with Crippen LogP contribution in [0.1, 0.15) is 23.1 Å². The fourth-order valence-electron chi connectivity index (χ4n) is 1.45. The van der Waals surface area contributed by atoms with Gasteiger partial charge in [-0.05, 0) is 34.5 Å². The highest BCUT2D eigenvalue weighted by Crippen LogP contribution is 2.32. The Morgan fingerprint density at radius 3 is 2.90 bits per heavy atom. The molecule has 112 valence electrons. The molecule has 1 heterocycles. The summed E-state index contributed by atoms with van der Waals surface area (Å²) in [6, 6.07) is 2.34. The Morgan fingerprint density at radius 1 is 1.48 bits per heavy atom. The van der Waals surface area contributed by atoms with Crippen LogP contribution in [0.25, 0.3) is 0 Å². The number of halogens is 3. The van der Waals surface area contributed by atoms with Gasteiger partial charge in [0, 0.05) is 11.0 Å². The maximum Gasteiger partial charge on any atom is 0.286 e. The minimum absolute atomic E-state index is 0.101. The van der Waals surface area contributed by atoms with Crippen LogP contribution in [-0.2, 0) is 0 Å². The Bertz CT molecular complexity index is 643. The van der Waals surface area contributed by atoms with Crippen LogP contribution in [0, 0.1) is 5.82 Å². The van der Waals surface area contributed by atoms with Crippen molar-refractivity contribution in [2.75, 3.05) is 17.2 Å². The topological polar surface area (TPSA) is 66.9 Å². The zero-order valence-corrected chi connectivity index (χ0v) is 14.1. The molecule has 0 bridgehead atoms. The quantitative estimate of drug-likeness (QED) is 0.800. The molecule has 0 saturated carbocycles. The molecular weight excluding hydrogens is 383 g/mol. The first kappa shape index (κ1) is 16.1. The highest BCUT2D eigenvalue weighted by Gasteiger charge is 2.16. The van der Waals surface area contributed by atoms with Gasteiger partial charge in [0.1, 0.15) is 5.82 Å². The van der Waals surface area contributed by atoms with Gasteiger partial charge in [0.25, 0.3) is 5.91 Å². The summed E-state index contributed by atoms with van der Waals surface area (Å²) in [6.45, 7) is 2.78. The average molecular weight is 394 g/mol. The summed E-state index contributed by atoms with van der Waals surface area (Å²) in [7, 11) is 0. The van der Waals surface area contributed by atoms with Gasteiger partial charge in [0.2, 0.25) is 10.1 Å². The number of hydrogen-bond donors (Lipinski definition) is 2. The molecule has 0 fully saturated rings. The molecule has 0 saturated heterocycles. The van der Waals surface area contributed by atoms with E-state index in [0.717, 1.165) is 30.4 Å². The SMILES string of the molecule is CCCNc1nnc(C(=O)Nc2c(Cl)cc(F)cc2Br)s1. The monoisotopic (exact) mass is 392 g/mol. The number of amides is 1. The number of aromatic nitrogens is 2. The molecule has 0 aliphatic carbocycles. The molecule has 2 N–H and O–H groups in total. The lowest BCUT2D eigenvalue weighted by Gasteiger charge is -2.08. The summed E-state index contributed by atoms with van der Waals surface area (Å²) in [4.78, 5) is 12.1. The van der Waals surface area contributed by atoms with Crippen molar-refractivity contribution in [2.45, 2.75) is 13.3 Å². The van der Waals surface area contributed by atoms with E-state index in [1.54, 1.807) is 0 Å². The third-order valence-corrected chi connectivity index (χ3v) is 4.19. The minimum Gasteiger partial charge on any atom is -0.360 e. The summed E-state index contributed by atoms with van der Waals surface area (Å²) >= 11 is 10.2. The van der Waals surface area contributed by atoms with Gasteiger partial charge in [-0.25, -0.2) is 4.39 Å². The standard InChI is InChI=1S/C12H11BrClFN4OS/c1-2-3-16-12-19-18-11(21-12)10(20)17-9-7(13)4-6(15)5-8(9)14/h4-5H,2-3H2,1H3,(H,16,19)(H,17,20). The van der Waals surface area contributed by atoms with E-state index >= 15 is 0 Å². The summed E-state index contributed by atoms with van der Waals surface area (Å²) < 4.78 is 13.5. The van der Waals surface area contributed by atoms with Crippen molar-refractivity contribution in [1.29, 1.82) is 0 Å². The van der Waals surface area contributed by atoms with Crippen LogP contribution in [0.4, 0.5) is 15.2 Å². The number of nitrogens with one attached hydrogen (secondary N) is 2. The van der Waals surface area contributed by atoms with Crippen molar-refractivity contribution in [3.63, 3.8) is 0 Å². The summed E-state index contributed by atoms with van der Waals surface area (Å²) in [5.41, 5.74) is 0.293. The number of hydrogen-bond acceptors (Lipinski definition) is 5. The fraction of sp³-hybridized carbons (Fsp3) is 0.250. The molecule has 1 amide bonds. The normalized spacial score (nSPS) is 10.5. The average Bonchev–Trinajstić information content (AvgIpc) is 2.89. The van der Waals surface area contributed by atoms with E-state index in [1.807, 2.05) is 6.92 Å². The Balaban J connectivity index is 2.13. The predicted octanol–water partition coefficient (Wildman–Crippen LogP) is 4.17. The smallest absolute Gasteiger partial charge is 0.286 e. The Labute approximate surface area is 138 Å². The number of benzene rings is 1. The summed E-state index contributed by atoms with van der Waals surface area (Å²) in [5.74, 6) is -0.946. The van der Waals surface area contributed by atoms with Crippen molar-refractivity contribution in [1.82, 2.24) is 10.2 Å². The zero-order valence-electron chi connectivity index (χ0n) is 10.9. The molecule has 9 heteroatoms. The lowest BCUT2D eigenvalue weighted by atomic mass is 10.3. The van der Waals surface area contributed by atoms with Gasteiger partial charge in [-0.2, -0.15) is 0 Å². The van der Waals surface area contributed by atoms with Gasteiger partial charge in [-0.3, -0.25) is 4.79 Å². The molecule has 1 aromatic heterocycles. The molecule has 0 atom stereocenters. The Morgan fingerprint density at radius 2 is 2.24 bits per heavy atom. The second-order valence-electron chi connectivity index (χ2n) is 4.04. The predicted molar refractivity (Wildman–Crippen MR) is 85.8 cm³/mol. The van der Waals surface area contributed by atoms with E-state index in [1.165, 1.54) is 6.07 Å². The summed E-state index contributed by atoms with van der Waals surface area (Å²) in [6.07, 6.45) is 0.944. The molecule has 21 heavy (non-hydrogen) atoms. The molecule has 5 nitrogen and oxygen atoms in total. The first-order chi connectivity index (χ1) is 10.0. The number of rotatable bonds is 5. The van der Waals surface area contributed by atoms with Gasteiger partial charge < -0.3 is 10.6 Å². The van der Waals surface area contributed by atoms with E-state index in [0.29, 0.717) is 15.3 Å². The molecular formula is C12H11BrClFN4OS. The van der Waals surface area contributed by atoms with E-state index in [-0.39, 0.29) is 10.0 Å². The van der Waals surface area contributed by atoms with Crippen LogP contribution in [0.2, 0.25) is 5.02 Å². The van der Waals surface area contributed by atoms with Crippen LogP contribution < -0.4 is 10.6 Å². The highest BCUT2D eigenvalue weighted by molar-refractivity contribution is 9.10. The zero-order chi connectivity index (χ0) is 15.4. The van der Waals surface area contributed by atoms with Crippen molar-refractivity contribution < 1.29 is 9.18 Å². The van der Waals surface area contributed by atoms with Gasteiger partial charge >= 0.3 is 0 Å². The first-order valence-corrected chi connectivity index (χ1v) is 8.03. The van der Waals surface area contributed by atoms with Crippen molar-refractivity contribution in [3.8, 4) is 0 Å². The molecule has 0 unspecified atom stereocenters. The van der Waals surface area contributed by atoms with Gasteiger partial charge in [-0.15, -0.1) is 10.2 Å².